The molecule has 0 bridgehead atoms. The van der Waals surface area contributed by atoms with E-state index in [1.807, 2.05) is 32.0 Å². The van der Waals surface area contributed by atoms with E-state index in [9.17, 15) is 4.79 Å². The lowest BCUT2D eigenvalue weighted by atomic mass is 10.2. The number of piperazine rings is 1. The van der Waals surface area contributed by atoms with Crippen LogP contribution in [0.15, 0.2) is 34.9 Å². The van der Waals surface area contributed by atoms with Gasteiger partial charge in [-0.15, -0.1) is 0 Å². The average Bonchev–Trinajstić information content (AvgIpc) is 3.01. The van der Waals surface area contributed by atoms with E-state index in [-0.39, 0.29) is 5.91 Å². The van der Waals surface area contributed by atoms with Gasteiger partial charge >= 0.3 is 0 Å². The van der Waals surface area contributed by atoms with E-state index in [0.717, 1.165) is 43.3 Å². The smallest absolute Gasteiger partial charge is 0.240 e. The Labute approximate surface area is 147 Å². The first-order valence-electron chi connectivity index (χ1n) is 8.58. The third-order valence-corrected chi connectivity index (χ3v) is 4.14. The molecule has 1 aliphatic rings. The van der Waals surface area contributed by atoms with Crippen LogP contribution < -0.4 is 15.0 Å². The highest BCUT2D eigenvalue weighted by molar-refractivity contribution is 5.91. The zero-order valence-electron chi connectivity index (χ0n) is 14.7. The van der Waals surface area contributed by atoms with Gasteiger partial charge in [-0.25, -0.2) is 0 Å². The number of aromatic nitrogens is 1. The zero-order valence-corrected chi connectivity index (χ0v) is 14.7. The van der Waals surface area contributed by atoms with Crippen LogP contribution in [0, 0.1) is 6.92 Å². The molecule has 1 N–H and O–H groups in total. The van der Waals surface area contributed by atoms with Gasteiger partial charge in [0, 0.05) is 32.2 Å². The number of carbonyl (C=O) groups is 1. The molecule has 25 heavy (non-hydrogen) atoms. The molecule has 0 aliphatic carbocycles. The molecule has 0 spiro atoms. The molecular formula is C18H24N4O3. The average molecular weight is 344 g/mol. The normalized spacial score (nSPS) is 15.2. The van der Waals surface area contributed by atoms with E-state index < -0.39 is 0 Å². The molecule has 0 unspecified atom stereocenters. The lowest BCUT2D eigenvalue weighted by Gasteiger charge is -2.36. The molecule has 1 aromatic heterocycles. The van der Waals surface area contributed by atoms with E-state index >= 15 is 0 Å². The molecule has 0 atom stereocenters. The van der Waals surface area contributed by atoms with Crippen molar-refractivity contribution in [2.24, 2.45) is 0 Å². The van der Waals surface area contributed by atoms with Gasteiger partial charge in [0.05, 0.1) is 24.5 Å². The van der Waals surface area contributed by atoms with E-state index in [1.54, 1.807) is 6.07 Å². The number of anilines is 2. The Morgan fingerprint density at radius 1 is 1.28 bits per heavy atom. The minimum atomic E-state index is -0.0840. The van der Waals surface area contributed by atoms with Crippen LogP contribution in [-0.2, 0) is 4.79 Å². The van der Waals surface area contributed by atoms with Crippen molar-refractivity contribution >= 4 is 17.5 Å². The van der Waals surface area contributed by atoms with Gasteiger partial charge in [0.25, 0.3) is 0 Å². The summed E-state index contributed by atoms with van der Waals surface area (Å²) in [4.78, 5) is 16.5. The topological polar surface area (TPSA) is 70.8 Å². The molecule has 1 aliphatic heterocycles. The Morgan fingerprint density at radius 2 is 2.04 bits per heavy atom. The van der Waals surface area contributed by atoms with Crippen molar-refractivity contribution in [2.75, 3.05) is 49.5 Å². The number of ether oxygens (including phenoxy) is 1. The fourth-order valence-corrected chi connectivity index (χ4v) is 2.95. The van der Waals surface area contributed by atoms with Crippen LogP contribution in [0.1, 0.15) is 12.6 Å². The minimum Gasteiger partial charge on any atom is -0.492 e. The zero-order chi connectivity index (χ0) is 17.6. The van der Waals surface area contributed by atoms with Crippen molar-refractivity contribution in [2.45, 2.75) is 13.8 Å². The van der Waals surface area contributed by atoms with Crippen molar-refractivity contribution in [1.29, 1.82) is 0 Å². The van der Waals surface area contributed by atoms with E-state index in [0.29, 0.717) is 19.0 Å². The van der Waals surface area contributed by atoms with Gasteiger partial charge in [-0.3, -0.25) is 15.0 Å². The number of hydrogen-bond donors (Lipinski definition) is 1. The Hall–Kier alpha value is -2.54. The van der Waals surface area contributed by atoms with Gasteiger partial charge in [0.1, 0.15) is 5.75 Å². The molecule has 1 amide bonds. The molecular weight excluding hydrogens is 320 g/mol. The van der Waals surface area contributed by atoms with E-state index in [2.05, 4.69) is 26.3 Å². The first-order valence-corrected chi connectivity index (χ1v) is 8.58. The molecule has 0 radical (unpaired) electrons. The molecule has 134 valence electrons. The fourth-order valence-electron chi connectivity index (χ4n) is 2.95. The summed E-state index contributed by atoms with van der Waals surface area (Å²) in [6, 6.07) is 9.80. The minimum absolute atomic E-state index is 0.0840. The van der Waals surface area contributed by atoms with Crippen LogP contribution >= 0.6 is 0 Å². The summed E-state index contributed by atoms with van der Waals surface area (Å²) in [7, 11) is 0. The second-order valence-corrected chi connectivity index (χ2v) is 6.04. The van der Waals surface area contributed by atoms with Gasteiger partial charge < -0.3 is 14.2 Å². The third-order valence-electron chi connectivity index (χ3n) is 4.14. The molecule has 2 aromatic rings. The van der Waals surface area contributed by atoms with Gasteiger partial charge in [-0.05, 0) is 26.0 Å². The summed E-state index contributed by atoms with van der Waals surface area (Å²) < 4.78 is 10.7. The number of carbonyl (C=O) groups excluding carboxylic acids is 1. The Morgan fingerprint density at radius 3 is 2.72 bits per heavy atom. The number of nitrogens with one attached hydrogen (secondary N) is 1. The Kier molecular flexibility index (Phi) is 5.55. The monoisotopic (exact) mass is 344 g/mol. The second-order valence-electron chi connectivity index (χ2n) is 6.04. The predicted molar refractivity (Wildman–Crippen MR) is 96.1 cm³/mol. The number of hydrogen-bond acceptors (Lipinski definition) is 6. The van der Waals surface area contributed by atoms with Crippen molar-refractivity contribution in [3.05, 3.63) is 36.0 Å². The van der Waals surface area contributed by atoms with Gasteiger partial charge in [0.15, 0.2) is 0 Å². The first-order chi connectivity index (χ1) is 12.2. The maximum Gasteiger partial charge on any atom is 0.240 e. The number of aryl methyl sites for hydroxylation is 1. The molecule has 1 saturated heterocycles. The van der Waals surface area contributed by atoms with Gasteiger partial charge in [0.2, 0.25) is 11.8 Å². The predicted octanol–water partition coefficient (Wildman–Crippen LogP) is 2.14. The van der Waals surface area contributed by atoms with Crippen molar-refractivity contribution < 1.29 is 14.1 Å². The van der Waals surface area contributed by atoms with E-state index in [4.69, 9.17) is 9.26 Å². The lowest BCUT2D eigenvalue weighted by Crippen LogP contribution is -2.48. The maximum absolute atomic E-state index is 12.1. The molecule has 2 heterocycles. The standard InChI is InChI=1S/C18H24N4O3/c1-3-24-16-7-5-4-6-15(16)22-10-8-21(9-11-22)13-17(23)19-18-12-14(2)20-25-18/h4-7,12H,3,8-11,13H2,1-2H3,(H,19,23). The number of amides is 1. The molecule has 7 nitrogen and oxygen atoms in total. The highest BCUT2D eigenvalue weighted by Crippen LogP contribution is 2.28. The van der Waals surface area contributed by atoms with Crippen molar-refractivity contribution in [1.82, 2.24) is 10.1 Å². The van der Waals surface area contributed by atoms with Crippen LogP contribution in [0.2, 0.25) is 0 Å². The summed E-state index contributed by atoms with van der Waals surface area (Å²) in [5.74, 6) is 1.22. The van der Waals surface area contributed by atoms with Crippen LogP contribution in [0.5, 0.6) is 5.75 Å². The summed E-state index contributed by atoms with van der Waals surface area (Å²) in [5, 5.41) is 6.50. The molecule has 0 saturated carbocycles. The summed E-state index contributed by atoms with van der Waals surface area (Å²) in [6.07, 6.45) is 0. The quantitative estimate of drug-likeness (QED) is 0.866. The third kappa shape index (κ3) is 4.51. The molecule has 1 fully saturated rings. The number of nitrogens with zero attached hydrogens (tertiary/aromatic N) is 3. The maximum atomic E-state index is 12.1. The summed E-state index contributed by atoms with van der Waals surface area (Å²) in [5.41, 5.74) is 1.86. The largest absolute Gasteiger partial charge is 0.492 e. The number of rotatable bonds is 6. The van der Waals surface area contributed by atoms with E-state index in [1.165, 1.54) is 0 Å². The fraction of sp³-hybridized carbons (Fsp3) is 0.444. The first kappa shape index (κ1) is 17.3. The summed E-state index contributed by atoms with van der Waals surface area (Å²) >= 11 is 0. The molecule has 7 heteroatoms. The SMILES string of the molecule is CCOc1ccccc1N1CCN(CC(=O)Nc2cc(C)no2)CC1. The van der Waals surface area contributed by atoms with Crippen LogP contribution in [0.25, 0.3) is 0 Å². The highest BCUT2D eigenvalue weighted by atomic mass is 16.5. The molecule has 3 rings (SSSR count). The van der Waals surface area contributed by atoms with Crippen molar-refractivity contribution in [3.8, 4) is 5.75 Å². The summed E-state index contributed by atoms with van der Waals surface area (Å²) in [6.45, 7) is 8.17. The van der Waals surface area contributed by atoms with Crippen LogP contribution in [-0.4, -0.2) is 55.3 Å². The Balaban J connectivity index is 1.51. The highest BCUT2D eigenvalue weighted by Gasteiger charge is 2.21. The van der Waals surface area contributed by atoms with Gasteiger partial charge in [-0.1, -0.05) is 17.3 Å². The Bertz CT molecular complexity index is 708. The second kappa shape index (κ2) is 8.02. The van der Waals surface area contributed by atoms with Crippen molar-refractivity contribution in [3.63, 3.8) is 0 Å². The number of para-hydroxylation sites is 2. The number of benzene rings is 1. The van der Waals surface area contributed by atoms with Gasteiger partial charge in [-0.2, -0.15) is 0 Å². The lowest BCUT2D eigenvalue weighted by molar-refractivity contribution is -0.117. The molecule has 1 aromatic carbocycles. The van der Waals surface area contributed by atoms with Crippen LogP contribution in [0.3, 0.4) is 0 Å². The van der Waals surface area contributed by atoms with Crippen LogP contribution in [0.4, 0.5) is 11.6 Å².